The monoisotopic (exact) mass is 250 g/mol. The normalized spacial score (nSPS) is 19.3. The first-order valence-electron chi connectivity index (χ1n) is 7.26. The van der Waals surface area contributed by atoms with Gasteiger partial charge in [-0.3, -0.25) is 0 Å². The van der Waals surface area contributed by atoms with Crippen molar-refractivity contribution < 1.29 is 5.11 Å². The van der Waals surface area contributed by atoms with Crippen molar-refractivity contribution in [2.24, 2.45) is 0 Å². The van der Waals surface area contributed by atoms with Crippen molar-refractivity contribution in [3.63, 3.8) is 0 Å². The second-order valence-corrected chi connectivity index (χ2v) is 5.27. The van der Waals surface area contributed by atoms with Crippen LogP contribution in [0.5, 0.6) is 0 Å². The number of rotatable bonds is 5. The molecule has 3 heteroatoms. The molecule has 0 saturated carbocycles. The third-order valence-electron chi connectivity index (χ3n) is 4.23. The first-order chi connectivity index (χ1) is 8.67. The minimum absolute atomic E-state index is 0.234. The summed E-state index contributed by atoms with van der Waals surface area (Å²) in [6, 6.07) is 2.18. The molecular formula is C15H26N2O. The third-order valence-corrected chi connectivity index (χ3v) is 4.23. The molecule has 1 heterocycles. The summed E-state index contributed by atoms with van der Waals surface area (Å²) in [5.74, 6) is 0. The smallest absolute Gasteiger partial charge is 0.0807 e. The Morgan fingerprint density at radius 1 is 1.39 bits per heavy atom. The van der Waals surface area contributed by atoms with E-state index in [1.807, 2.05) is 0 Å². The number of hydrogen-bond donors (Lipinski definition) is 1. The van der Waals surface area contributed by atoms with Crippen LogP contribution >= 0.6 is 0 Å². The van der Waals surface area contributed by atoms with Gasteiger partial charge < -0.3 is 14.6 Å². The number of aliphatic hydroxyl groups is 1. The van der Waals surface area contributed by atoms with Gasteiger partial charge in [-0.05, 0) is 45.3 Å². The van der Waals surface area contributed by atoms with Crippen molar-refractivity contribution in [2.75, 3.05) is 19.6 Å². The molecular weight excluding hydrogens is 224 g/mol. The topological polar surface area (TPSA) is 28.4 Å². The van der Waals surface area contributed by atoms with Crippen LogP contribution in [0.3, 0.4) is 0 Å². The van der Waals surface area contributed by atoms with Crippen molar-refractivity contribution in [2.45, 2.75) is 52.7 Å². The summed E-state index contributed by atoms with van der Waals surface area (Å²) in [6.07, 6.45) is 2.93. The zero-order valence-electron chi connectivity index (χ0n) is 11.9. The van der Waals surface area contributed by atoms with Gasteiger partial charge in [0.05, 0.1) is 6.10 Å². The number of nitrogens with zero attached hydrogens (tertiary/aromatic N) is 2. The molecule has 1 atom stereocenters. The van der Waals surface area contributed by atoms with E-state index in [4.69, 9.17) is 0 Å². The van der Waals surface area contributed by atoms with Gasteiger partial charge in [-0.1, -0.05) is 13.8 Å². The maximum Gasteiger partial charge on any atom is 0.0807 e. The van der Waals surface area contributed by atoms with Crippen molar-refractivity contribution in [1.29, 1.82) is 0 Å². The lowest BCUT2D eigenvalue weighted by Gasteiger charge is -2.23. The second-order valence-electron chi connectivity index (χ2n) is 5.27. The molecule has 1 N–H and O–H groups in total. The summed E-state index contributed by atoms with van der Waals surface area (Å²) < 4.78 is 2.41. The van der Waals surface area contributed by atoms with Crippen molar-refractivity contribution in [3.8, 4) is 0 Å². The number of aliphatic hydroxyl groups excluding tert-OH is 1. The van der Waals surface area contributed by atoms with E-state index >= 15 is 0 Å². The molecule has 0 aliphatic heterocycles. The molecule has 102 valence electrons. The Hall–Kier alpha value is -0.800. The van der Waals surface area contributed by atoms with E-state index in [0.29, 0.717) is 0 Å². The van der Waals surface area contributed by atoms with Gasteiger partial charge in [0.1, 0.15) is 0 Å². The molecule has 0 spiro atoms. The van der Waals surface area contributed by atoms with Gasteiger partial charge >= 0.3 is 0 Å². The van der Waals surface area contributed by atoms with Crippen LogP contribution in [-0.4, -0.2) is 34.2 Å². The predicted molar refractivity (Wildman–Crippen MR) is 74.9 cm³/mol. The fourth-order valence-corrected chi connectivity index (χ4v) is 3.03. The van der Waals surface area contributed by atoms with Crippen molar-refractivity contribution >= 4 is 0 Å². The molecule has 0 bridgehead atoms. The molecule has 2 rings (SSSR count). The van der Waals surface area contributed by atoms with Gasteiger partial charge in [0, 0.05) is 30.0 Å². The molecule has 1 aliphatic rings. The van der Waals surface area contributed by atoms with Crippen LogP contribution < -0.4 is 0 Å². The minimum atomic E-state index is -0.234. The maximum atomic E-state index is 10.0. The van der Waals surface area contributed by atoms with Crippen LogP contribution in [0.4, 0.5) is 0 Å². The van der Waals surface area contributed by atoms with E-state index < -0.39 is 0 Å². The zero-order chi connectivity index (χ0) is 13.1. The van der Waals surface area contributed by atoms with Crippen molar-refractivity contribution in [3.05, 3.63) is 23.0 Å². The number of aromatic nitrogens is 1. The standard InChI is InChI=1S/C15H26N2O/c1-4-16(5-2)9-10-17-12(3)11-13-14(17)7-6-8-15(13)18/h11,15,18H,4-10H2,1-3H3. The average molecular weight is 250 g/mol. The predicted octanol–water partition coefficient (Wildman–Crippen LogP) is 2.51. The van der Waals surface area contributed by atoms with Gasteiger partial charge in [0.2, 0.25) is 0 Å². The highest BCUT2D eigenvalue weighted by Crippen LogP contribution is 2.32. The molecule has 0 saturated heterocycles. The third kappa shape index (κ3) is 2.62. The molecule has 1 aromatic rings. The summed E-state index contributed by atoms with van der Waals surface area (Å²) >= 11 is 0. The van der Waals surface area contributed by atoms with Crippen LogP contribution in [0.15, 0.2) is 6.07 Å². The van der Waals surface area contributed by atoms with Gasteiger partial charge in [-0.15, -0.1) is 0 Å². The largest absolute Gasteiger partial charge is 0.388 e. The number of hydrogen-bond acceptors (Lipinski definition) is 2. The van der Waals surface area contributed by atoms with Gasteiger partial charge in [-0.25, -0.2) is 0 Å². The number of likely N-dealkylation sites (N-methyl/N-ethyl adjacent to an activating group) is 1. The van der Waals surface area contributed by atoms with E-state index in [1.165, 1.54) is 17.0 Å². The SMILES string of the molecule is CCN(CC)CCn1c(C)cc2c1CCCC2O. The average Bonchev–Trinajstić information content (AvgIpc) is 2.69. The Balaban J connectivity index is 2.13. The molecule has 1 aromatic heterocycles. The van der Waals surface area contributed by atoms with E-state index in [-0.39, 0.29) is 6.10 Å². The van der Waals surface area contributed by atoms with Gasteiger partial charge in [0.15, 0.2) is 0 Å². The minimum Gasteiger partial charge on any atom is -0.388 e. The number of aryl methyl sites for hydroxylation is 1. The summed E-state index contributed by atoms with van der Waals surface area (Å²) in [5, 5.41) is 10.0. The van der Waals surface area contributed by atoms with E-state index in [9.17, 15) is 5.11 Å². The van der Waals surface area contributed by atoms with E-state index in [0.717, 1.165) is 45.4 Å². The van der Waals surface area contributed by atoms with Crippen LogP contribution in [0, 0.1) is 6.92 Å². The zero-order valence-corrected chi connectivity index (χ0v) is 11.9. The summed E-state index contributed by atoms with van der Waals surface area (Å²) in [6.45, 7) is 11.0. The first kappa shape index (κ1) is 13.6. The highest BCUT2D eigenvalue weighted by atomic mass is 16.3. The lowest BCUT2D eigenvalue weighted by atomic mass is 9.95. The molecule has 0 aromatic carbocycles. The van der Waals surface area contributed by atoms with Crippen LogP contribution in [0.25, 0.3) is 0 Å². The van der Waals surface area contributed by atoms with Crippen molar-refractivity contribution in [1.82, 2.24) is 9.47 Å². The van der Waals surface area contributed by atoms with Crippen LogP contribution in [-0.2, 0) is 13.0 Å². The Bertz CT molecular complexity index is 393. The Labute approximate surface area is 110 Å². The lowest BCUT2D eigenvalue weighted by molar-refractivity contribution is 0.155. The van der Waals surface area contributed by atoms with Crippen LogP contribution in [0.1, 0.15) is 49.7 Å². The Morgan fingerprint density at radius 2 is 2.11 bits per heavy atom. The summed E-state index contributed by atoms with van der Waals surface area (Å²) in [4.78, 5) is 2.45. The fraction of sp³-hybridized carbons (Fsp3) is 0.733. The molecule has 3 nitrogen and oxygen atoms in total. The fourth-order valence-electron chi connectivity index (χ4n) is 3.03. The highest BCUT2D eigenvalue weighted by molar-refractivity contribution is 5.31. The Morgan fingerprint density at radius 3 is 2.78 bits per heavy atom. The number of fused-ring (bicyclic) bond motifs is 1. The molecule has 0 amide bonds. The van der Waals surface area contributed by atoms with E-state index in [2.05, 4.69) is 36.3 Å². The Kier molecular flexibility index (Phi) is 4.46. The van der Waals surface area contributed by atoms with Gasteiger partial charge in [-0.2, -0.15) is 0 Å². The molecule has 1 aliphatic carbocycles. The molecule has 0 radical (unpaired) electrons. The molecule has 0 fully saturated rings. The maximum absolute atomic E-state index is 10.0. The van der Waals surface area contributed by atoms with Crippen LogP contribution in [0.2, 0.25) is 0 Å². The summed E-state index contributed by atoms with van der Waals surface area (Å²) in [7, 11) is 0. The molecule has 18 heavy (non-hydrogen) atoms. The van der Waals surface area contributed by atoms with E-state index in [1.54, 1.807) is 0 Å². The first-order valence-corrected chi connectivity index (χ1v) is 7.26. The lowest BCUT2D eigenvalue weighted by Crippen LogP contribution is -2.28. The highest BCUT2D eigenvalue weighted by Gasteiger charge is 2.22. The quantitative estimate of drug-likeness (QED) is 0.870. The second kappa shape index (κ2) is 5.89. The van der Waals surface area contributed by atoms with Gasteiger partial charge in [0.25, 0.3) is 0 Å². The summed E-state index contributed by atoms with van der Waals surface area (Å²) in [5.41, 5.74) is 3.85. The molecule has 1 unspecified atom stereocenters.